The first-order valence-corrected chi connectivity index (χ1v) is 10.7. The quantitative estimate of drug-likeness (QED) is 0.350. The Hall–Kier alpha value is -2.81. The monoisotopic (exact) mass is 519 g/mol. The second kappa shape index (κ2) is 9.55. The van der Waals surface area contributed by atoms with Crippen LogP contribution in [0.25, 0.3) is 0 Å². The molecule has 0 saturated carbocycles. The van der Waals surface area contributed by atoms with E-state index in [0.29, 0.717) is 22.3 Å². The van der Waals surface area contributed by atoms with Crippen molar-refractivity contribution in [2.45, 2.75) is 13.3 Å². The van der Waals surface area contributed by atoms with Crippen molar-refractivity contribution in [2.24, 2.45) is 0 Å². The lowest BCUT2D eigenvalue weighted by Gasteiger charge is -2.08. The topological polar surface area (TPSA) is 74.0 Å². The first kappa shape index (κ1) is 21.4. The first-order valence-electron chi connectivity index (χ1n) is 9.17. The normalized spacial score (nSPS) is 10.8. The summed E-state index contributed by atoms with van der Waals surface area (Å²) >= 11 is 15.7. The maximum absolute atomic E-state index is 12.6. The Morgan fingerprint density at radius 1 is 1.03 bits per heavy atom. The van der Waals surface area contributed by atoms with Crippen LogP contribution in [0.1, 0.15) is 16.1 Å². The van der Waals surface area contributed by atoms with E-state index in [4.69, 9.17) is 27.9 Å². The number of amides is 1. The summed E-state index contributed by atoms with van der Waals surface area (Å²) in [5, 5.41) is 12.1. The van der Waals surface area contributed by atoms with Crippen molar-refractivity contribution < 1.29 is 9.53 Å². The number of nitrogens with zero attached hydrogens (tertiary/aromatic N) is 4. The molecule has 0 aliphatic heterocycles. The number of nitrogens with one attached hydrogen (secondary N) is 1. The summed E-state index contributed by atoms with van der Waals surface area (Å²) in [6, 6.07) is 16.7. The number of hydrogen-bond acceptors (Lipinski definition) is 4. The summed E-state index contributed by atoms with van der Waals surface area (Å²) in [6.45, 7) is 0.641. The lowest BCUT2D eigenvalue weighted by Crippen LogP contribution is -2.15. The number of halogens is 3. The molecule has 0 fully saturated rings. The van der Waals surface area contributed by atoms with Gasteiger partial charge in [0.1, 0.15) is 10.8 Å². The zero-order chi connectivity index (χ0) is 21.8. The lowest BCUT2D eigenvalue weighted by molar-refractivity contribution is 0.101. The Morgan fingerprint density at radius 2 is 1.84 bits per heavy atom. The van der Waals surface area contributed by atoms with Crippen molar-refractivity contribution in [3.63, 3.8) is 0 Å². The third-order valence-corrected chi connectivity index (χ3v) is 5.32. The number of benzene rings is 2. The first-order chi connectivity index (χ1) is 15.0. The summed E-state index contributed by atoms with van der Waals surface area (Å²) in [5.41, 5.74) is 1.28. The number of hydrogen-bond donors (Lipinski definition) is 1. The molecule has 0 aliphatic rings. The van der Waals surface area contributed by atoms with E-state index in [9.17, 15) is 4.79 Å². The molecule has 31 heavy (non-hydrogen) atoms. The SMILES string of the molecule is O=C(Nc1nn(Cc2ccccc2)cc1Cl)c1ccn(COc2ccc(Br)cc2Cl)n1. The van der Waals surface area contributed by atoms with Gasteiger partial charge in [-0.05, 0) is 29.8 Å². The van der Waals surface area contributed by atoms with Crippen LogP contribution in [-0.2, 0) is 13.3 Å². The Morgan fingerprint density at radius 3 is 2.61 bits per heavy atom. The van der Waals surface area contributed by atoms with Crippen molar-refractivity contribution >= 4 is 50.9 Å². The Kier molecular flexibility index (Phi) is 6.60. The molecule has 0 radical (unpaired) electrons. The van der Waals surface area contributed by atoms with Crippen LogP contribution in [0.3, 0.4) is 0 Å². The molecule has 0 aliphatic carbocycles. The molecule has 4 rings (SSSR count). The number of ether oxygens (including phenoxy) is 1. The van der Waals surface area contributed by atoms with Crippen LogP contribution in [0.2, 0.25) is 10.0 Å². The van der Waals surface area contributed by atoms with Gasteiger partial charge in [0.05, 0.1) is 11.6 Å². The molecule has 0 unspecified atom stereocenters. The third kappa shape index (κ3) is 5.46. The number of rotatable bonds is 7. The van der Waals surface area contributed by atoms with E-state index in [1.165, 1.54) is 4.68 Å². The fraction of sp³-hybridized carbons (Fsp3) is 0.0952. The van der Waals surface area contributed by atoms with Crippen LogP contribution in [0.15, 0.2) is 71.5 Å². The van der Waals surface area contributed by atoms with E-state index in [0.717, 1.165) is 10.0 Å². The van der Waals surface area contributed by atoms with E-state index in [2.05, 4.69) is 31.4 Å². The predicted octanol–water partition coefficient (Wildman–Crippen LogP) is 5.49. The summed E-state index contributed by atoms with van der Waals surface area (Å²) in [6.07, 6.45) is 3.30. The van der Waals surface area contributed by atoms with E-state index < -0.39 is 5.91 Å². The number of aromatic nitrogens is 4. The Bertz CT molecular complexity index is 1210. The molecular weight excluding hydrogens is 505 g/mol. The van der Waals surface area contributed by atoms with Crippen molar-refractivity contribution in [1.82, 2.24) is 19.6 Å². The maximum atomic E-state index is 12.6. The summed E-state index contributed by atoms with van der Waals surface area (Å²) in [7, 11) is 0. The Balaban J connectivity index is 1.38. The van der Waals surface area contributed by atoms with Crippen molar-refractivity contribution in [3.05, 3.63) is 92.8 Å². The van der Waals surface area contributed by atoms with Crippen LogP contribution in [0.5, 0.6) is 5.75 Å². The largest absolute Gasteiger partial charge is 0.470 e. The number of carbonyl (C=O) groups excluding carboxylic acids is 1. The molecule has 0 bridgehead atoms. The summed E-state index contributed by atoms with van der Waals surface area (Å²) < 4.78 is 9.66. The minimum absolute atomic E-state index is 0.0983. The summed E-state index contributed by atoms with van der Waals surface area (Å²) in [4.78, 5) is 12.6. The second-order valence-electron chi connectivity index (χ2n) is 6.55. The summed E-state index contributed by atoms with van der Waals surface area (Å²) in [5.74, 6) is 0.365. The van der Waals surface area contributed by atoms with Gasteiger partial charge in [0, 0.05) is 16.9 Å². The molecule has 7 nitrogen and oxygen atoms in total. The van der Waals surface area contributed by atoms with Gasteiger partial charge in [0.15, 0.2) is 18.2 Å². The highest BCUT2D eigenvalue weighted by Gasteiger charge is 2.15. The fourth-order valence-electron chi connectivity index (χ4n) is 2.79. The van der Waals surface area contributed by atoms with E-state index >= 15 is 0 Å². The maximum Gasteiger partial charge on any atom is 0.277 e. The van der Waals surface area contributed by atoms with Crippen molar-refractivity contribution in [2.75, 3.05) is 5.32 Å². The molecule has 4 aromatic rings. The molecule has 1 amide bonds. The van der Waals surface area contributed by atoms with Gasteiger partial charge in [-0.15, -0.1) is 0 Å². The molecule has 0 saturated heterocycles. The van der Waals surface area contributed by atoms with Gasteiger partial charge in [0.25, 0.3) is 5.91 Å². The van der Waals surface area contributed by atoms with Gasteiger partial charge < -0.3 is 10.1 Å². The van der Waals surface area contributed by atoms with E-state index in [1.54, 1.807) is 35.3 Å². The average molecular weight is 521 g/mol. The minimum atomic E-state index is -0.424. The van der Waals surface area contributed by atoms with Crippen LogP contribution < -0.4 is 10.1 Å². The lowest BCUT2D eigenvalue weighted by atomic mass is 10.2. The third-order valence-electron chi connectivity index (χ3n) is 4.26. The highest BCUT2D eigenvalue weighted by molar-refractivity contribution is 9.10. The average Bonchev–Trinajstić information content (AvgIpc) is 3.35. The fourth-order valence-corrected chi connectivity index (χ4v) is 3.71. The smallest absolute Gasteiger partial charge is 0.277 e. The number of carbonyl (C=O) groups is 1. The molecule has 0 atom stereocenters. The van der Waals surface area contributed by atoms with Gasteiger partial charge in [-0.2, -0.15) is 10.2 Å². The highest BCUT2D eigenvalue weighted by atomic mass is 79.9. The number of anilines is 1. The molecule has 158 valence electrons. The van der Waals surface area contributed by atoms with Crippen molar-refractivity contribution in [1.29, 1.82) is 0 Å². The molecule has 1 N–H and O–H groups in total. The molecule has 10 heteroatoms. The second-order valence-corrected chi connectivity index (χ2v) is 8.28. The Labute approximate surface area is 196 Å². The van der Waals surface area contributed by atoms with Gasteiger partial charge in [-0.25, -0.2) is 4.68 Å². The minimum Gasteiger partial charge on any atom is -0.470 e. The zero-order valence-corrected chi connectivity index (χ0v) is 19.1. The molecule has 2 heterocycles. The van der Waals surface area contributed by atoms with Gasteiger partial charge in [-0.3, -0.25) is 9.48 Å². The van der Waals surface area contributed by atoms with Crippen molar-refractivity contribution in [3.8, 4) is 5.75 Å². The van der Waals surface area contributed by atoms with Crippen LogP contribution in [0, 0.1) is 0 Å². The molecule has 2 aromatic heterocycles. The molecule has 2 aromatic carbocycles. The predicted molar refractivity (Wildman–Crippen MR) is 123 cm³/mol. The van der Waals surface area contributed by atoms with Gasteiger partial charge >= 0.3 is 0 Å². The highest BCUT2D eigenvalue weighted by Crippen LogP contribution is 2.28. The van der Waals surface area contributed by atoms with E-state index in [-0.39, 0.29) is 18.2 Å². The van der Waals surface area contributed by atoms with Gasteiger partial charge in [-0.1, -0.05) is 69.5 Å². The van der Waals surface area contributed by atoms with Crippen LogP contribution in [-0.4, -0.2) is 25.5 Å². The van der Waals surface area contributed by atoms with Crippen LogP contribution in [0.4, 0.5) is 5.82 Å². The zero-order valence-electron chi connectivity index (χ0n) is 16.0. The van der Waals surface area contributed by atoms with Gasteiger partial charge in [0.2, 0.25) is 0 Å². The molecular formula is C21H16BrCl2N5O2. The standard InChI is InChI=1S/C21H16BrCl2N5O2/c22-15-6-7-19(16(23)10-15)31-13-28-9-8-18(26-28)21(30)25-20-17(24)12-29(27-20)11-14-4-2-1-3-5-14/h1-10,12H,11,13H2,(H,25,27,30). The van der Waals surface area contributed by atoms with Crippen LogP contribution >= 0.6 is 39.1 Å². The molecule has 0 spiro atoms. The van der Waals surface area contributed by atoms with E-state index in [1.807, 2.05) is 36.4 Å².